The number of carbonyl (C=O) groups is 1. The number of aryl methyl sites for hydroxylation is 1. The molecule has 0 aliphatic heterocycles. The van der Waals surface area contributed by atoms with Crippen molar-refractivity contribution in [1.29, 1.82) is 0 Å². The van der Waals surface area contributed by atoms with Crippen molar-refractivity contribution in [2.45, 2.75) is 13.1 Å². The summed E-state index contributed by atoms with van der Waals surface area (Å²) in [7, 11) is 0. The number of nitrogens with zero attached hydrogens (tertiary/aromatic N) is 4. The molecule has 0 N–H and O–H groups in total. The standard InChI is InChI=1S/C19H11Cl2F3N4O3/c1-9-4-11(12(20)6-15(9)30-3-2-29)16-26-18(31-27-16)14-8-28-7-10(19(22,23)24)5-13(21)17(28)25-14/h2,4-8H,3H2,1H3. The molecule has 0 saturated carbocycles. The van der Waals surface area contributed by atoms with Crippen molar-refractivity contribution in [2.24, 2.45) is 0 Å². The van der Waals surface area contributed by atoms with E-state index in [-0.39, 0.29) is 39.7 Å². The van der Waals surface area contributed by atoms with Gasteiger partial charge in [-0.1, -0.05) is 28.4 Å². The van der Waals surface area contributed by atoms with Crippen LogP contribution in [0.25, 0.3) is 28.6 Å². The average Bonchev–Trinajstić information content (AvgIpc) is 3.34. The fraction of sp³-hybridized carbons (Fsp3) is 0.158. The van der Waals surface area contributed by atoms with Gasteiger partial charge in [0, 0.05) is 18.0 Å². The number of halogens is 5. The van der Waals surface area contributed by atoms with E-state index in [1.807, 2.05) is 0 Å². The Balaban J connectivity index is 1.71. The van der Waals surface area contributed by atoms with Gasteiger partial charge in [0.2, 0.25) is 5.82 Å². The Morgan fingerprint density at radius 1 is 1.16 bits per heavy atom. The zero-order valence-electron chi connectivity index (χ0n) is 15.6. The quantitative estimate of drug-likeness (QED) is 0.370. The van der Waals surface area contributed by atoms with Crippen LogP contribution in [0.15, 0.2) is 35.1 Å². The maximum absolute atomic E-state index is 13.0. The van der Waals surface area contributed by atoms with E-state index in [4.69, 9.17) is 32.5 Å². The second-order valence-corrected chi connectivity index (χ2v) is 7.24. The van der Waals surface area contributed by atoms with Gasteiger partial charge >= 0.3 is 6.18 Å². The lowest BCUT2D eigenvalue weighted by atomic mass is 10.1. The first kappa shape index (κ1) is 21.1. The number of ether oxygens (including phenoxy) is 1. The number of pyridine rings is 1. The van der Waals surface area contributed by atoms with Gasteiger partial charge in [-0.3, -0.25) is 4.79 Å². The predicted molar refractivity (Wildman–Crippen MR) is 105 cm³/mol. The number of benzene rings is 1. The Hall–Kier alpha value is -3.11. The van der Waals surface area contributed by atoms with Crippen molar-refractivity contribution in [3.05, 3.63) is 51.8 Å². The maximum atomic E-state index is 13.0. The first-order chi connectivity index (χ1) is 14.7. The van der Waals surface area contributed by atoms with Crippen LogP contribution in [0.5, 0.6) is 5.75 Å². The number of hydrogen-bond donors (Lipinski definition) is 0. The monoisotopic (exact) mass is 470 g/mol. The molecule has 0 radical (unpaired) electrons. The summed E-state index contributed by atoms with van der Waals surface area (Å²) in [4.78, 5) is 18.9. The Morgan fingerprint density at radius 2 is 1.94 bits per heavy atom. The average molecular weight is 471 g/mol. The largest absolute Gasteiger partial charge is 0.486 e. The number of aromatic nitrogens is 4. The molecule has 3 heterocycles. The molecule has 0 aliphatic carbocycles. The molecule has 4 rings (SSSR count). The van der Waals surface area contributed by atoms with Gasteiger partial charge in [0.25, 0.3) is 5.89 Å². The Morgan fingerprint density at radius 3 is 2.65 bits per heavy atom. The van der Waals surface area contributed by atoms with Crippen LogP contribution in [0.3, 0.4) is 0 Å². The minimum absolute atomic E-state index is 0.0293. The van der Waals surface area contributed by atoms with Crippen LogP contribution in [-0.4, -0.2) is 32.4 Å². The first-order valence-corrected chi connectivity index (χ1v) is 9.39. The van der Waals surface area contributed by atoms with Gasteiger partial charge < -0.3 is 13.7 Å². The molecule has 0 spiro atoms. The van der Waals surface area contributed by atoms with E-state index >= 15 is 0 Å². The highest BCUT2D eigenvalue weighted by atomic mass is 35.5. The summed E-state index contributed by atoms with van der Waals surface area (Å²) in [6.07, 6.45) is -1.77. The van der Waals surface area contributed by atoms with Crippen LogP contribution in [0, 0.1) is 6.92 Å². The minimum Gasteiger partial charge on any atom is -0.486 e. The lowest BCUT2D eigenvalue weighted by Crippen LogP contribution is -2.06. The molecular weight excluding hydrogens is 460 g/mol. The first-order valence-electron chi connectivity index (χ1n) is 8.64. The third kappa shape index (κ3) is 4.08. The molecule has 31 heavy (non-hydrogen) atoms. The molecule has 1 aromatic carbocycles. The second-order valence-electron chi connectivity index (χ2n) is 6.43. The fourth-order valence-electron chi connectivity index (χ4n) is 2.87. The van der Waals surface area contributed by atoms with Gasteiger partial charge in [-0.2, -0.15) is 18.2 Å². The van der Waals surface area contributed by atoms with Gasteiger partial charge in [-0.25, -0.2) is 4.98 Å². The van der Waals surface area contributed by atoms with Gasteiger partial charge in [0.1, 0.15) is 18.1 Å². The van der Waals surface area contributed by atoms with E-state index in [1.165, 1.54) is 12.3 Å². The van der Waals surface area contributed by atoms with Gasteiger partial charge in [-0.05, 0) is 30.7 Å². The molecule has 7 nitrogen and oxygen atoms in total. The second kappa shape index (κ2) is 7.86. The fourth-order valence-corrected chi connectivity index (χ4v) is 3.36. The van der Waals surface area contributed by atoms with E-state index < -0.39 is 11.7 Å². The topological polar surface area (TPSA) is 82.5 Å². The van der Waals surface area contributed by atoms with Gasteiger partial charge in [-0.15, -0.1) is 0 Å². The molecule has 0 atom stereocenters. The molecule has 0 fully saturated rings. The summed E-state index contributed by atoms with van der Waals surface area (Å²) in [6, 6.07) is 3.98. The van der Waals surface area contributed by atoms with Gasteiger partial charge in [0.15, 0.2) is 11.9 Å². The van der Waals surface area contributed by atoms with Crippen molar-refractivity contribution in [3.8, 4) is 28.7 Å². The number of aldehydes is 1. The summed E-state index contributed by atoms with van der Waals surface area (Å²) in [5, 5.41) is 3.96. The molecule has 0 unspecified atom stereocenters. The van der Waals surface area contributed by atoms with Gasteiger partial charge in [0.05, 0.1) is 15.6 Å². The maximum Gasteiger partial charge on any atom is 0.417 e. The Bertz CT molecular complexity index is 1300. The van der Waals surface area contributed by atoms with Crippen molar-refractivity contribution in [1.82, 2.24) is 19.5 Å². The molecule has 3 aromatic heterocycles. The SMILES string of the molecule is Cc1cc(-c2noc(-c3cn4cc(C(F)(F)F)cc(Cl)c4n3)n2)c(Cl)cc1OCC=O. The number of alkyl halides is 3. The van der Waals surface area contributed by atoms with E-state index in [9.17, 15) is 18.0 Å². The van der Waals surface area contributed by atoms with E-state index in [2.05, 4.69) is 15.1 Å². The molecule has 4 aromatic rings. The van der Waals surface area contributed by atoms with Crippen molar-refractivity contribution < 1.29 is 27.2 Å². The van der Waals surface area contributed by atoms with E-state index in [1.54, 1.807) is 13.0 Å². The van der Waals surface area contributed by atoms with E-state index in [0.29, 0.717) is 23.2 Å². The summed E-state index contributed by atoms with van der Waals surface area (Å²) in [5.41, 5.74) is 0.452. The van der Waals surface area contributed by atoms with Crippen LogP contribution in [0.2, 0.25) is 10.0 Å². The van der Waals surface area contributed by atoms with Crippen LogP contribution in [0.4, 0.5) is 13.2 Å². The molecule has 0 bridgehead atoms. The highest BCUT2D eigenvalue weighted by Gasteiger charge is 2.32. The third-order valence-electron chi connectivity index (χ3n) is 4.29. The lowest BCUT2D eigenvalue weighted by molar-refractivity contribution is -0.137. The highest BCUT2D eigenvalue weighted by Crippen LogP contribution is 2.35. The van der Waals surface area contributed by atoms with Crippen molar-refractivity contribution >= 4 is 35.1 Å². The number of hydrogen-bond acceptors (Lipinski definition) is 6. The Kier molecular flexibility index (Phi) is 5.36. The molecule has 160 valence electrons. The van der Waals surface area contributed by atoms with Crippen LogP contribution in [0.1, 0.15) is 11.1 Å². The zero-order chi connectivity index (χ0) is 22.3. The van der Waals surface area contributed by atoms with Crippen LogP contribution < -0.4 is 4.74 Å². The normalized spacial score (nSPS) is 11.8. The smallest absolute Gasteiger partial charge is 0.417 e. The molecule has 12 heteroatoms. The summed E-state index contributed by atoms with van der Waals surface area (Å²) in [5.74, 6) is 0.544. The summed E-state index contributed by atoms with van der Waals surface area (Å²) >= 11 is 12.2. The van der Waals surface area contributed by atoms with Crippen molar-refractivity contribution in [2.75, 3.05) is 6.61 Å². The molecule has 0 aliphatic rings. The third-order valence-corrected chi connectivity index (χ3v) is 4.88. The summed E-state index contributed by atoms with van der Waals surface area (Å²) < 4.78 is 50.7. The number of rotatable bonds is 5. The predicted octanol–water partition coefficient (Wildman–Crippen LogP) is 5.26. The van der Waals surface area contributed by atoms with Crippen molar-refractivity contribution in [3.63, 3.8) is 0 Å². The minimum atomic E-state index is -4.56. The van der Waals surface area contributed by atoms with Crippen LogP contribution >= 0.6 is 23.2 Å². The number of imidazole rings is 1. The van der Waals surface area contributed by atoms with Crippen LogP contribution in [-0.2, 0) is 11.0 Å². The zero-order valence-corrected chi connectivity index (χ0v) is 17.1. The Labute approximate surface area is 182 Å². The van der Waals surface area contributed by atoms with E-state index in [0.717, 1.165) is 16.7 Å². The summed E-state index contributed by atoms with van der Waals surface area (Å²) in [6.45, 7) is 1.64. The molecular formula is C19H11Cl2F3N4O3. The lowest BCUT2D eigenvalue weighted by Gasteiger charge is -2.08. The molecule has 0 saturated heterocycles. The number of carbonyl (C=O) groups excluding carboxylic acids is 1. The number of fused-ring (bicyclic) bond motifs is 1. The molecule has 0 amide bonds. The highest BCUT2D eigenvalue weighted by molar-refractivity contribution is 6.33.